The number of carbonyl (C=O) groups is 2. The lowest BCUT2D eigenvalue weighted by Crippen LogP contribution is -2.26. The maximum absolute atomic E-state index is 14.6. The SMILES string of the molecule is CON(C)C(=O)c1ccccc1F.Cc1ccc2ncc(Br)cc2n1.Fc1ccccc1-c1[nH]ncc1-c1ccc2ncc(Br)cc2n1.Fc1ccccc1-c1nn(C2CCCCO2)cc1-c1ccc2ncc(Br)cc2n1.O=C(Cc1ccc2ncc(Br)cc2n1)c1ccccc1F. The molecule has 4 aromatic carbocycles. The van der Waals surface area contributed by atoms with Gasteiger partial charge in [0.1, 0.15) is 35.2 Å². The van der Waals surface area contributed by atoms with Crippen LogP contribution in [0.5, 0.6) is 0 Å². The molecular formula is C73H55Br4F4N13O4. The van der Waals surface area contributed by atoms with Gasteiger partial charge in [-0.25, -0.2) is 37.3 Å². The number of halogens is 8. The van der Waals surface area contributed by atoms with Gasteiger partial charge in [0.15, 0.2) is 5.78 Å². The molecule has 1 saturated heterocycles. The van der Waals surface area contributed by atoms with E-state index in [1.807, 2.05) is 79.9 Å². The number of amides is 1. The number of hydrogen-bond donors (Lipinski definition) is 1. The average Bonchev–Trinajstić information content (AvgIpc) is 1.60. The number of nitrogens with one attached hydrogen (secondary N) is 1. The summed E-state index contributed by atoms with van der Waals surface area (Å²) in [5.74, 6) is -2.45. The minimum absolute atomic E-state index is 0.00634. The van der Waals surface area contributed by atoms with Crippen LogP contribution >= 0.6 is 63.7 Å². The zero-order valence-electron chi connectivity index (χ0n) is 52.3. The topological polar surface area (TPSA) is 205 Å². The van der Waals surface area contributed by atoms with E-state index in [9.17, 15) is 27.2 Å². The first kappa shape index (κ1) is 69.6. The first-order chi connectivity index (χ1) is 47.5. The number of nitrogens with zero attached hydrogens (tertiary/aromatic N) is 12. The van der Waals surface area contributed by atoms with Gasteiger partial charge in [-0.15, -0.1) is 0 Å². The number of rotatable bonds is 10. The molecule has 1 aliphatic heterocycles. The number of hydrogen-bond acceptors (Lipinski definition) is 14. The van der Waals surface area contributed by atoms with Crippen LogP contribution in [0.15, 0.2) is 225 Å². The Morgan fingerprint density at radius 1 is 0.541 bits per heavy atom. The Kier molecular flexibility index (Phi) is 23.1. The molecule has 25 heteroatoms. The Bertz CT molecular complexity index is 5160. The molecule has 1 unspecified atom stereocenters. The van der Waals surface area contributed by atoms with E-state index in [-0.39, 0.29) is 41.2 Å². The van der Waals surface area contributed by atoms with Crippen molar-refractivity contribution in [3.63, 3.8) is 0 Å². The van der Waals surface area contributed by atoms with Crippen molar-refractivity contribution in [2.75, 3.05) is 20.8 Å². The largest absolute Gasteiger partial charge is 0.357 e. The van der Waals surface area contributed by atoms with Crippen molar-refractivity contribution in [1.29, 1.82) is 0 Å². The molecule has 0 bridgehead atoms. The Labute approximate surface area is 592 Å². The number of aromatic amines is 1. The van der Waals surface area contributed by atoms with Gasteiger partial charge in [0, 0.05) is 96.2 Å². The molecule has 1 N–H and O–H groups in total. The number of hydroxylamine groups is 2. The summed E-state index contributed by atoms with van der Waals surface area (Å²) in [7, 11) is 2.77. The zero-order chi connectivity index (χ0) is 68.8. The molecule has 1 atom stereocenters. The van der Waals surface area contributed by atoms with Crippen molar-refractivity contribution in [1.82, 2.24) is 64.9 Å². The van der Waals surface area contributed by atoms with Gasteiger partial charge in [-0.2, -0.15) is 10.2 Å². The fraction of sp³-hybridized carbons (Fsp3) is 0.123. The lowest BCUT2D eigenvalue weighted by atomic mass is 10.0. The third-order valence-electron chi connectivity index (χ3n) is 15.0. The molecule has 11 heterocycles. The van der Waals surface area contributed by atoms with Crippen LogP contribution in [0.4, 0.5) is 17.6 Å². The van der Waals surface area contributed by atoms with Crippen molar-refractivity contribution in [2.45, 2.75) is 38.8 Å². The molecule has 14 aromatic rings. The van der Waals surface area contributed by atoms with Gasteiger partial charge in [0.25, 0.3) is 5.91 Å². The molecule has 1 aliphatic rings. The number of aryl methyl sites for hydroxylation is 1. The summed E-state index contributed by atoms with van der Waals surface area (Å²) in [6.07, 6.45) is 13.5. The molecule has 1 fully saturated rings. The van der Waals surface area contributed by atoms with Crippen LogP contribution in [0.1, 0.15) is 57.6 Å². The Balaban J connectivity index is 0.000000128. The van der Waals surface area contributed by atoms with Crippen LogP contribution in [0.25, 0.3) is 89.2 Å². The number of H-pyrrole nitrogens is 1. The van der Waals surface area contributed by atoms with Gasteiger partial charge in [0.2, 0.25) is 0 Å². The molecule has 0 aliphatic carbocycles. The van der Waals surface area contributed by atoms with Crippen molar-refractivity contribution in [2.24, 2.45) is 0 Å². The van der Waals surface area contributed by atoms with Crippen LogP contribution in [0.2, 0.25) is 0 Å². The molecule has 0 radical (unpaired) electrons. The van der Waals surface area contributed by atoms with Crippen LogP contribution in [0.3, 0.4) is 0 Å². The maximum atomic E-state index is 14.6. The lowest BCUT2D eigenvalue weighted by Gasteiger charge is -2.22. The quantitative estimate of drug-likeness (QED) is 0.0768. The number of aromatic nitrogens is 12. The van der Waals surface area contributed by atoms with Gasteiger partial charge in [-0.05, 0) is 211 Å². The predicted molar refractivity (Wildman–Crippen MR) is 382 cm³/mol. The summed E-state index contributed by atoms with van der Waals surface area (Å²) in [5.41, 5.74) is 13.2. The van der Waals surface area contributed by atoms with Crippen LogP contribution < -0.4 is 0 Å². The highest BCUT2D eigenvalue weighted by Crippen LogP contribution is 2.36. The van der Waals surface area contributed by atoms with Crippen molar-refractivity contribution >= 4 is 120 Å². The van der Waals surface area contributed by atoms with Gasteiger partial charge in [-0.1, -0.05) is 48.5 Å². The smallest absolute Gasteiger partial charge is 0.280 e. The molecule has 98 heavy (non-hydrogen) atoms. The van der Waals surface area contributed by atoms with Crippen LogP contribution in [0, 0.1) is 30.2 Å². The number of fused-ring (bicyclic) bond motifs is 4. The summed E-state index contributed by atoms with van der Waals surface area (Å²) >= 11 is 13.5. The molecule has 1 amide bonds. The molecule has 15 rings (SSSR count). The van der Waals surface area contributed by atoms with Gasteiger partial charge < -0.3 is 4.74 Å². The van der Waals surface area contributed by atoms with Crippen molar-refractivity contribution in [3.8, 4) is 45.0 Å². The summed E-state index contributed by atoms with van der Waals surface area (Å²) in [6.45, 7) is 2.68. The number of pyridine rings is 8. The highest BCUT2D eigenvalue weighted by Gasteiger charge is 2.24. The zero-order valence-corrected chi connectivity index (χ0v) is 58.6. The second-order valence-corrected chi connectivity index (χ2v) is 25.4. The van der Waals surface area contributed by atoms with Gasteiger partial charge in [-0.3, -0.25) is 49.4 Å². The minimum atomic E-state index is -0.545. The minimum Gasteiger partial charge on any atom is -0.357 e. The number of ether oxygens (including phenoxy) is 1. The molecule has 10 aromatic heterocycles. The van der Waals surface area contributed by atoms with Crippen molar-refractivity contribution in [3.05, 3.63) is 271 Å². The maximum Gasteiger partial charge on any atom is 0.280 e. The number of carbonyl (C=O) groups excluding carboxylic acids is 2. The molecule has 492 valence electrons. The second-order valence-electron chi connectivity index (χ2n) is 21.8. The van der Waals surface area contributed by atoms with E-state index in [4.69, 9.17) is 14.8 Å². The summed E-state index contributed by atoms with van der Waals surface area (Å²) < 4.78 is 66.5. The Morgan fingerprint density at radius 2 is 1.02 bits per heavy atom. The molecule has 0 saturated carbocycles. The second kappa shape index (κ2) is 32.5. The van der Waals surface area contributed by atoms with Gasteiger partial charge >= 0.3 is 0 Å². The Morgan fingerprint density at radius 3 is 1.55 bits per heavy atom. The summed E-state index contributed by atoms with van der Waals surface area (Å²) in [4.78, 5) is 63.4. The lowest BCUT2D eigenvalue weighted by molar-refractivity contribution is -0.0759. The average molecular weight is 1570 g/mol. The number of ketones is 1. The fourth-order valence-corrected chi connectivity index (χ4v) is 11.4. The van der Waals surface area contributed by atoms with E-state index < -0.39 is 17.5 Å². The molecule has 17 nitrogen and oxygen atoms in total. The monoisotopic (exact) mass is 1570 g/mol. The third kappa shape index (κ3) is 17.3. The van der Waals surface area contributed by atoms with Gasteiger partial charge in [0.05, 0.1) is 92.1 Å². The first-order valence-electron chi connectivity index (χ1n) is 30.2. The number of Topliss-reactive ketones (excluding diaryl/α,β-unsaturated/α-hetero) is 1. The van der Waals surface area contributed by atoms with E-state index >= 15 is 0 Å². The summed E-state index contributed by atoms with van der Waals surface area (Å²) in [6, 6.07) is 47.7. The van der Waals surface area contributed by atoms with E-state index in [1.165, 1.54) is 56.6 Å². The van der Waals surface area contributed by atoms with Crippen molar-refractivity contribution < 1.29 is 36.7 Å². The normalized spacial score (nSPS) is 12.5. The highest BCUT2D eigenvalue weighted by molar-refractivity contribution is 9.11. The van der Waals surface area contributed by atoms with E-state index in [0.717, 1.165) is 103 Å². The fourth-order valence-electron chi connectivity index (χ4n) is 10.2. The standard InChI is InChI=1S/C22H18BrFN4O.C17H10BrFN4.C16H10BrFN2O.C9H7BrN2.C9H10FNO2/c23-14-11-20-19(25-12-14)9-8-18(26-20)16-13-28(21-7-3-4-10-29-21)27-22(16)15-5-1-2-6-17(15)24;18-10-7-16-15(20-8-10)6-5-14(22-16)12-9-21-23-17(12)11-3-1-2-4-13(11)19;17-10-7-15-14(19-9-10)6-5-11(20-15)8-16(21)12-3-1-2-4-13(12)18;1-6-2-3-8-9(12-6)4-7(10)5-11-8;1-11(13-2)9(12)7-5-3-4-6-8(7)10/h1-2,5-6,8-9,11-13,21H,3-4,7,10H2;1-9H,(H,21,23);1-7,9H,8H2;2-5H,1H3;3-6H,1-2H3. The van der Waals surface area contributed by atoms with Crippen LogP contribution in [-0.2, 0) is 16.0 Å². The molecule has 0 spiro atoms. The Hall–Kier alpha value is -9.76. The highest BCUT2D eigenvalue weighted by atomic mass is 79.9. The first-order valence-corrected chi connectivity index (χ1v) is 33.4. The van der Waals surface area contributed by atoms with E-state index in [1.54, 1.807) is 96.3 Å². The number of benzene rings is 4. The van der Waals surface area contributed by atoms with Crippen LogP contribution in [-0.4, -0.2) is 97.4 Å². The predicted octanol–water partition coefficient (Wildman–Crippen LogP) is 18.5. The van der Waals surface area contributed by atoms with E-state index in [0.29, 0.717) is 46.0 Å². The summed E-state index contributed by atoms with van der Waals surface area (Å²) in [5, 5.41) is 12.6. The van der Waals surface area contributed by atoms with E-state index in [2.05, 4.69) is 114 Å². The third-order valence-corrected chi connectivity index (χ3v) is 16.8. The molecular weight excluding hydrogens is 1520 g/mol.